The van der Waals surface area contributed by atoms with Crippen molar-refractivity contribution in [1.29, 1.82) is 0 Å². The average Bonchev–Trinajstić information content (AvgIpc) is 2.73. The maximum absolute atomic E-state index is 12.6. The first-order valence-corrected chi connectivity index (χ1v) is 9.19. The predicted octanol–water partition coefficient (Wildman–Crippen LogP) is 4.28. The van der Waals surface area contributed by atoms with Crippen molar-refractivity contribution < 1.29 is 9.53 Å². The number of ether oxygens (including phenoxy) is 1. The molecule has 3 rings (SSSR count). The summed E-state index contributed by atoms with van der Waals surface area (Å²) in [5.74, 6) is 1.96. The van der Waals surface area contributed by atoms with E-state index < -0.39 is 0 Å². The molecule has 28 heavy (non-hydrogen) atoms. The molecule has 2 aromatic carbocycles. The molecule has 0 atom stereocenters. The van der Waals surface area contributed by atoms with Crippen LogP contribution in [0.5, 0.6) is 5.75 Å². The molecule has 0 unspecified atom stereocenters. The van der Waals surface area contributed by atoms with Gasteiger partial charge in [0, 0.05) is 23.9 Å². The Bertz CT molecular complexity index is 925. The maximum Gasteiger partial charge on any atom is 0.270 e. The van der Waals surface area contributed by atoms with Crippen LogP contribution >= 0.6 is 0 Å². The summed E-state index contributed by atoms with van der Waals surface area (Å²) in [6, 6.07) is 18.8. The number of benzene rings is 2. The van der Waals surface area contributed by atoms with Crippen LogP contribution in [0.2, 0.25) is 0 Å². The van der Waals surface area contributed by atoms with E-state index in [2.05, 4.69) is 20.6 Å². The second-order valence-corrected chi connectivity index (χ2v) is 6.79. The molecule has 3 aromatic rings. The Morgan fingerprint density at radius 3 is 2.39 bits per heavy atom. The van der Waals surface area contributed by atoms with Gasteiger partial charge in [-0.2, -0.15) is 0 Å². The van der Waals surface area contributed by atoms with Crippen molar-refractivity contribution in [3.05, 3.63) is 66.4 Å². The van der Waals surface area contributed by atoms with Crippen LogP contribution in [-0.4, -0.2) is 29.5 Å². The Hall–Kier alpha value is -3.41. The summed E-state index contributed by atoms with van der Waals surface area (Å²) in [6.45, 7) is 4.68. The fraction of sp³-hybridized carbons (Fsp3) is 0.227. The zero-order valence-electron chi connectivity index (χ0n) is 16.3. The number of aromatic nitrogens is 2. The van der Waals surface area contributed by atoms with Crippen molar-refractivity contribution in [2.45, 2.75) is 13.8 Å². The van der Waals surface area contributed by atoms with Crippen molar-refractivity contribution in [2.24, 2.45) is 5.92 Å². The first kappa shape index (κ1) is 19.4. The van der Waals surface area contributed by atoms with Crippen LogP contribution in [-0.2, 0) is 0 Å². The predicted molar refractivity (Wildman–Crippen MR) is 111 cm³/mol. The van der Waals surface area contributed by atoms with E-state index in [-0.39, 0.29) is 5.91 Å². The summed E-state index contributed by atoms with van der Waals surface area (Å²) in [4.78, 5) is 21.6. The second-order valence-electron chi connectivity index (χ2n) is 6.79. The first-order chi connectivity index (χ1) is 13.5. The number of hydrogen-bond donors (Lipinski definition) is 2. The molecule has 6 nitrogen and oxygen atoms in total. The number of carbonyl (C=O) groups excluding carboxylic acids is 1. The first-order valence-electron chi connectivity index (χ1n) is 9.19. The lowest BCUT2D eigenvalue weighted by atomic mass is 10.2. The second kappa shape index (κ2) is 8.99. The molecule has 0 radical (unpaired) electrons. The average molecular weight is 376 g/mol. The molecule has 1 amide bonds. The largest absolute Gasteiger partial charge is 0.497 e. The van der Waals surface area contributed by atoms with E-state index in [0.29, 0.717) is 29.8 Å². The molecule has 0 spiro atoms. The summed E-state index contributed by atoms with van der Waals surface area (Å²) < 4.78 is 5.19. The Morgan fingerprint density at radius 1 is 1.04 bits per heavy atom. The quantitative estimate of drug-likeness (QED) is 0.644. The van der Waals surface area contributed by atoms with Gasteiger partial charge in [0.05, 0.1) is 7.11 Å². The molecule has 2 N–H and O–H groups in total. The third kappa shape index (κ3) is 5.07. The molecule has 0 bridgehead atoms. The van der Waals surface area contributed by atoms with Gasteiger partial charge in [0.2, 0.25) is 0 Å². The topological polar surface area (TPSA) is 76.1 Å². The van der Waals surface area contributed by atoms with Gasteiger partial charge in [-0.25, -0.2) is 9.97 Å². The summed E-state index contributed by atoms with van der Waals surface area (Å²) >= 11 is 0. The molecule has 0 saturated carbocycles. The number of nitrogens with zero attached hydrogens (tertiary/aromatic N) is 2. The molecule has 1 heterocycles. The van der Waals surface area contributed by atoms with Crippen molar-refractivity contribution in [3.8, 4) is 17.1 Å². The molecule has 6 heteroatoms. The van der Waals surface area contributed by atoms with Gasteiger partial charge in [-0.3, -0.25) is 4.79 Å². The summed E-state index contributed by atoms with van der Waals surface area (Å²) in [6.07, 6.45) is 0. The van der Waals surface area contributed by atoms with Crippen LogP contribution in [0.1, 0.15) is 24.3 Å². The number of methoxy groups -OCH3 is 1. The van der Waals surface area contributed by atoms with E-state index in [9.17, 15) is 4.79 Å². The lowest BCUT2D eigenvalue weighted by Gasteiger charge is -2.12. The highest BCUT2D eigenvalue weighted by Crippen LogP contribution is 2.22. The zero-order chi connectivity index (χ0) is 19.9. The highest BCUT2D eigenvalue weighted by Gasteiger charge is 2.13. The van der Waals surface area contributed by atoms with E-state index in [0.717, 1.165) is 17.0 Å². The van der Waals surface area contributed by atoms with Crippen LogP contribution in [0.4, 0.5) is 11.5 Å². The smallest absolute Gasteiger partial charge is 0.270 e. The van der Waals surface area contributed by atoms with Gasteiger partial charge in [-0.05, 0) is 30.2 Å². The van der Waals surface area contributed by atoms with Crippen LogP contribution < -0.4 is 15.4 Å². The van der Waals surface area contributed by atoms with Crippen LogP contribution in [0.3, 0.4) is 0 Å². The monoisotopic (exact) mass is 376 g/mol. The number of carbonyl (C=O) groups is 1. The maximum atomic E-state index is 12.6. The van der Waals surface area contributed by atoms with Gasteiger partial charge in [0.15, 0.2) is 5.82 Å². The van der Waals surface area contributed by atoms with Gasteiger partial charge in [-0.1, -0.05) is 44.2 Å². The minimum absolute atomic E-state index is 0.217. The Morgan fingerprint density at radius 2 is 1.75 bits per heavy atom. The molecule has 0 aliphatic heterocycles. The van der Waals surface area contributed by atoms with Crippen molar-refractivity contribution in [2.75, 3.05) is 19.0 Å². The van der Waals surface area contributed by atoms with E-state index in [1.807, 2.05) is 68.4 Å². The number of nitrogens with one attached hydrogen (secondary N) is 2. The molecule has 1 aromatic heterocycles. The lowest BCUT2D eigenvalue weighted by Crippen LogP contribution is -2.28. The zero-order valence-corrected chi connectivity index (χ0v) is 16.3. The number of rotatable bonds is 7. The SMILES string of the molecule is COc1ccc(Nc2cc(C(=O)NCC(C)C)nc(-c3ccccc3)n2)cc1. The number of anilines is 2. The molecule has 0 saturated heterocycles. The third-order valence-electron chi connectivity index (χ3n) is 4.02. The highest BCUT2D eigenvalue weighted by molar-refractivity contribution is 5.93. The lowest BCUT2D eigenvalue weighted by molar-refractivity contribution is 0.0944. The van der Waals surface area contributed by atoms with Crippen molar-refractivity contribution in [3.63, 3.8) is 0 Å². The number of amides is 1. The fourth-order valence-electron chi connectivity index (χ4n) is 2.55. The van der Waals surface area contributed by atoms with E-state index in [1.165, 1.54) is 0 Å². The number of hydrogen-bond acceptors (Lipinski definition) is 5. The normalized spacial score (nSPS) is 10.6. The van der Waals surface area contributed by atoms with Crippen LogP contribution in [0.25, 0.3) is 11.4 Å². The fourth-order valence-corrected chi connectivity index (χ4v) is 2.55. The summed E-state index contributed by atoms with van der Waals surface area (Å²) in [5.41, 5.74) is 2.01. The minimum atomic E-state index is -0.217. The van der Waals surface area contributed by atoms with Gasteiger partial charge in [0.1, 0.15) is 17.3 Å². The van der Waals surface area contributed by atoms with E-state index >= 15 is 0 Å². The van der Waals surface area contributed by atoms with Crippen LogP contribution in [0.15, 0.2) is 60.7 Å². The minimum Gasteiger partial charge on any atom is -0.497 e. The highest BCUT2D eigenvalue weighted by atomic mass is 16.5. The summed E-state index contributed by atoms with van der Waals surface area (Å²) in [7, 11) is 1.63. The van der Waals surface area contributed by atoms with E-state index in [4.69, 9.17) is 4.74 Å². The van der Waals surface area contributed by atoms with Crippen molar-refractivity contribution >= 4 is 17.4 Å². The van der Waals surface area contributed by atoms with Crippen LogP contribution in [0, 0.1) is 5.92 Å². The molecule has 0 aliphatic carbocycles. The van der Waals surface area contributed by atoms with Gasteiger partial charge in [-0.15, -0.1) is 0 Å². The molecule has 0 aliphatic rings. The Labute approximate surface area is 165 Å². The van der Waals surface area contributed by atoms with Gasteiger partial charge in [0.25, 0.3) is 5.91 Å². The molecule has 144 valence electrons. The molecule has 0 fully saturated rings. The Balaban J connectivity index is 1.93. The van der Waals surface area contributed by atoms with Crippen molar-refractivity contribution in [1.82, 2.24) is 15.3 Å². The molecular formula is C22H24N4O2. The van der Waals surface area contributed by atoms with Gasteiger partial charge < -0.3 is 15.4 Å². The van der Waals surface area contributed by atoms with E-state index in [1.54, 1.807) is 13.2 Å². The Kier molecular flexibility index (Phi) is 6.22. The standard InChI is InChI=1S/C22H24N4O2/c1-15(2)14-23-22(27)19-13-20(24-17-9-11-18(28-3)12-10-17)26-21(25-19)16-7-5-4-6-8-16/h4-13,15H,14H2,1-3H3,(H,23,27)(H,24,25,26). The molecular weight excluding hydrogens is 352 g/mol. The summed E-state index contributed by atoms with van der Waals surface area (Å²) in [5, 5.41) is 6.15. The third-order valence-corrected chi connectivity index (χ3v) is 4.02. The van der Waals surface area contributed by atoms with Gasteiger partial charge >= 0.3 is 0 Å².